The average molecular weight is 253 g/mol. The smallest absolute Gasteiger partial charge is 0.145 e. The molecule has 0 saturated carbocycles. The number of aryl methyl sites for hydroxylation is 1. The fraction of sp³-hybridized carbons (Fsp3) is 0.667. The summed E-state index contributed by atoms with van der Waals surface area (Å²) in [7, 11) is 0. The zero-order valence-corrected chi connectivity index (χ0v) is 11.4. The van der Waals surface area contributed by atoms with E-state index >= 15 is 0 Å². The Morgan fingerprint density at radius 1 is 1.33 bits per heavy atom. The molecule has 0 aliphatic carbocycles. The first-order chi connectivity index (χ1) is 8.65. The zero-order chi connectivity index (χ0) is 13.4. The van der Waals surface area contributed by atoms with Crippen molar-refractivity contribution in [2.24, 2.45) is 5.84 Å². The van der Waals surface area contributed by atoms with Crippen molar-refractivity contribution in [1.29, 1.82) is 0 Å². The van der Waals surface area contributed by atoms with Crippen LogP contribution in [0.4, 0.5) is 11.6 Å². The van der Waals surface area contributed by atoms with Gasteiger partial charge in [-0.05, 0) is 20.3 Å². The fourth-order valence-electron chi connectivity index (χ4n) is 1.47. The largest absolute Gasteiger partial charge is 0.377 e. The summed E-state index contributed by atoms with van der Waals surface area (Å²) in [4.78, 5) is 8.69. The third-order valence-electron chi connectivity index (χ3n) is 2.25. The highest BCUT2D eigenvalue weighted by Gasteiger charge is 2.03. The number of hydrazine groups is 1. The number of ether oxygens (including phenoxy) is 1. The molecule has 0 atom stereocenters. The van der Waals surface area contributed by atoms with E-state index in [4.69, 9.17) is 10.6 Å². The maximum atomic E-state index is 5.45. The van der Waals surface area contributed by atoms with Crippen molar-refractivity contribution in [3.05, 3.63) is 11.9 Å². The van der Waals surface area contributed by atoms with Crippen molar-refractivity contribution < 1.29 is 4.74 Å². The molecule has 0 aliphatic rings. The first-order valence-corrected chi connectivity index (χ1v) is 6.35. The van der Waals surface area contributed by atoms with Gasteiger partial charge in [0.1, 0.15) is 17.5 Å². The third-order valence-corrected chi connectivity index (χ3v) is 2.25. The van der Waals surface area contributed by atoms with Gasteiger partial charge in [0.05, 0.1) is 12.7 Å². The van der Waals surface area contributed by atoms with Gasteiger partial charge in [0.25, 0.3) is 0 Å². The molecule has 0 aromatic carbocycles. The van der Waals surface area contributed by atoms with Crippen LogP contribution in [0.15, 0.2) is 6.07 Å². The number of hydrogen-bond acceptors (Lipinski definition) is 6. The van der Waals surface area contributed by atoms with Gasteiger partial charge in [0.2, 0.25) is 0 Å². The van der Waals surface area contributed by atoms with E-state index in [1.807, 2.05) is 13.8 Å². The first-order valence-electron chi connectivity index (χ1n) is 6.35. The summed E-state index contributed by atoms with van der Waals surface area (Å²) in [6.07, 6.45) is 2.09. The molecule has 18 heavy (non-hydrogen) atoms. The molecular formula is C12H23N5O. The zero-order valence-electron chi connectivity index (χ0n) is 11.4. The second kappa shape index (κ2) is 7.84. The molecule has 6 nitrogen and oxygen atoms in total. The summed E-state index contributed by atoms with van der Waals surface area (Å²) < 4.78 is 5.45. The fourth-order valence-corrected chi connectivity index (χ4v) is 1.47. The minimum absolute atomic E-state index is 0.245. The lowest BCUT2D eigenvalue weighted by atomic mass is 10.3. The normalized spacial score (nSPS) is 10.7. The van der Waals surface area contributed by atoms with Crippen molar-refractivity contribution >= 4 is 11.6 Å². The Kier molecular flexibility index (Phi) is 6.38. The van der Waals surface area contributed by atoms with E-state index < -0.39 is 0 Å². The lowest BCUT2D eigenvalue weighted by molar-refractivity contribution is 0.0870. The molecule has 0 saturated heterocycles. The van der Waals surface area contributed by atoms with Gasteiger partial charge in [0, 0.05) is 19.0 Å². The predicted molar refractivity (Wildman–Crippen MR) is 73.4 cm³/mol. The molecule has 0 spiro atoms. The van der Waals surface area contributed by atoms with Crippen LogP contribution >= 0.6 is 0 Å². The Labute approximate surface area is 108 Å². The summed E-state index contributed by atoms with van der Waals surface area (Å²) in [6.45, 7) is 7.48. The molecule has 0 fully saturated rings. The van der Waals surface area contributed by atoms with Gasteiger partial charge in [-0.25, -0.2) is 15.8 Å². The monoisotopic (exact) mass is 253 g/mol. The number of hydrogen-bond donors (Lipinski definition) is 3. The van der Waals surface area contributed by atoms with Gasteiger partial charge in [-0.2, -0.15) is 0 Å². The molecule has 1 heterocycles. The molecule has 0 radical (unpaired) electrons. The molecule has 0 bridgehead atoms. The Morgan fingerprint density at radius 3 is 2.67 bits per heavy atom. The van der Waals surface area contributed by atoms with Gasteiger partial charge in [0.15, 0.2) is 0 Å². The number of anilines is 2. The van der Waals surface area contributed by atoms with Crippen LogP contribution in [0.3, 0.4) is 0 Å². The van der Waals surface area contributed by atoms with Gasteiger partial charge < -0.3 is 15.5 Å². The molecular weight excluding hydrogens is 230 g/mol. The highest BCUT2D eigenvalue weighted by atomic mass is 16.5. The molecule has 4 N–H and O–H groups in total. The number of nitrogen functional groups attached to an aromatic ring is 1. The van der Waals surface area contributed by atoms with Gasteiger partial charge in [-0.3, -0.25) is 0 Å². The second-order valence-electron chi connectivity index (χ2n) is 4.30. The average Bonchev–Trinajstić information content (AvgIpc) is 2.34. The molecule has 6 heteroatoms. The van der Waals surface area contributed by atoms with E-state index in [0.29, 0.717) is 19.0 Å². The summed E-state index contributed by atoms with van der Waals surface area (Å²) in [5, 5.41) is 3.20. The summed E-state index contributed by atoms with van der Waals surface area (Å²) >= 11 is 0. The molecule has 1 aromatic rings. The summed E-state index contributed by atoms with van der Waals surface area (Å²) in [6, 6.07) is 1.79. The SMILES string of the molecule is CCCc1nc(NN)cc(NCCOC(C)C)n1. The maximum absolute atomic E-state index is 5.45. The van der Waals surface area contributed by atoms with Crippen molar-refractivity contribution in [1.82, 2.24) is 9.97 Å². The molecule has 0 aliphatic heterocycles. The van der Waals surface area contributed by atoms with E-state index in [-0.39, 0.29) is 6.10 Å². The van der Waals surface area contributed by atoms with Crippen molar-refractivity contribution in [3.8, 4) is 0 Å². The minimum atomic E-state index is 0.245. The van der Waals surface area contributed by atoms with Crippen LogP contribution in [0.1, 0.15) is 33.0 Å². The van der Waals surface area contributed by atoms with E-state index in [1.165, 1.54) is 0 Å². The number of rotatable bonds is 8. The predicted octanol–water partition coefficient (Wildman–Crippen LogP) is 1.55. The summed E-state index contributed by atoms with van der Waals surface area (Å²) in [5.74, 6) is 7.58. The standard InChI is InChI=1S/C12H23N5O/c1-4-5-10-15-11(8-12(16-10)17-13)14-6-7-18-9(2)3/h8-9H,4-7,13H2,1-3H3,(H2,14,15,16,17). The molecule has 1 rings (SSSR count). The third kappa shape index (κ3) is 5.29. The molecule has 0 unspecified atom stereocenters. The van der Waals surface area contributed by atoms with Gasteiger partial charge >= 0.3 is 0 Å². The van der Waals surface area contributed by atoms with Crippen LogP contribution < -0.4 is 16.6 Å². The maximum Gasteiger partial charge on any atom is 0.145 e. The van der Waals surface area contributed by atoms with E-state index in [0.717, 1.165) is 24.5 Å². The highest BCUT2D eigenvalue weighted by Crippen LogP contribution is 2.11. The van der Waals surface area contributed by atoms with Crippen molar-refractivity contribution in [2.45, 2.75) is 39.7 Å². The van der Waals surface area contributed by atoms with Gasteiger partial charge in [-0.1, -0.05) is 6.92 Å². The minimum Gasteiger partial charge on any atom is -0.377 e. The Hall–Kier alpha value is -1.40. The Morgan fingerprint density at radius 2 is 2.06 bits per heavy atom. The van der Waals surface area contributed by atoms with Crippen molar-refractivity contribution in [2.75, 3.05) is 23.9 Å². The Balaban J connectivity index is 2.55. The lowest BCUT2D eigenvalue weighted by Crippen LogP contribution is -2.16. The van der Waals surface area contributed by atoms with E-state index in [1.54, 1.807) is 6.07 Å². The highest BCUT2D eigenvalue weighted by molar-refractivity contribution is 5.46. The number of nitrogens with two attached hydrogens (primary N) is 1. The number of nitrogens with one attached hydrogen (secondary N) is 2. The topological polar surface area (TPSA) is 85.1 Å². The molecule has 0 amide bonds. The second-order valence-corrected chi connectivity index (χ2v) is 4.30. The molecule has 1 aromatic heterocycles. The quantitative estimate of drug-likeness (QED) is 0.370. The first kappa shape index (κ1) is 14.7. The van der Waals surface area contributed by atoms with E-state index in [2.05, 4.69) is 27.6 Å². The summed E-state index contributed by atoms with van der Waals surface area (Å²) in [5.41, 5.74) is 2.55. The van der Waals surface area contributed by atoms with Crippen molar-refractivity contribution in [3.63, 3.8) is 0 Å². The van der Waals surface area contributed by atoms with Gasteiger partial charge in [-0.15, -0.1) is 0 Å². The number of nitrogens with zero attached hydrogens (tertiary/aromatic N) is 2. The van der Waals surface area contributed by atoms with Crippen LogP contribution in [0.2, 0.25) is 0 Å². The Bertz CT molecular complexity index is 356. The van der Waals surface area contributed by atoms with E-state index in [9.17, 15) is 0 Å². The molecule has 102 valence electrons. The van der Waals surface area contributed by atoms with Crippen LogP contribution in [-0.2, 0) is 11.2 Å². The van der Waals surface area contributed by atoms with Crippen LogP contribution in [0.25, 0.3) is 0 Å². The lowest BCUT2D eigenvalue weighted by Gasteiger charge is -2.11. The van der Waals surface area contributed by atoms with Crippen LogP contribution in [-0.4, -0.2) is 29.2 Å². The van der Waals surface area contributed by atoms with Crippen LogP contribution in [0, 0.1) is 0 Å². The van der Waals surface area contributed by atoms with Crippen LogP contribution in [0.5, 0.6) is 0 Å². The number of aromatic nitrogens is 2.